The number of nitrogens with one attached hydrogen (secondary N) is 1. The largest absolute Gasteiger partial charge is 0.433 e. The van der Waals surface area contributed by atoms with Crippen molar-refractivity contribution in [2.45, 2.75) is 57.8 Å². The summed E-state index contributed by atoms with van der Waals surface area (Å²) in [4.78, 5) is 25.0. The Morgan fingerprint density at radius 2 is 2.06 bits per heavy atom. The normalized spacial score (nSPS) is 30.0. The van der Waals surface area contributed by atoms with Gasteiger partial charge in [-0.1, -0.05) is 6.92 Å². The number of halogens is 3. The summed E-state index contributed by atoms with van der Waals surface area (Å²) in [6.07, 6.45) is -0.00312. The molecule has 4 rings (SSSR count). The SMILES string of the molecule is CCOCC1(C(=O)N2CCN(c3nccc(C(F)(F)F)n3)CC2)CC[C@@H](N[C@@H]2CCOC[C@H]2C)C1. The predicted octanol–water partition coefficient (Wildman–Crippen LogP) is 2.73. The van der Waals surface area contributed by atoms with Crippen molar-refractivity contribution < 1.29 is 27.4 Å². The lowest BCUT2D eigenvalue weighted by atomic mass is 9.84. The molecular weight excluding hydrogens is 463 g/mol. The van der Waals surface area contributed by atoms with Crippen molar-refractivity contribution in [1.82, 2.24) is 20.2 Å². The van der Waals surface area contributed by atoms with E-state index in [-0.39, 0.29) is 17.9 Å². The molecule has 2 saturated heterocycles. The van der Waals surface area contributed by atoms with Gasteiger partial charge in [0.15, 0.2) is 0 Å². The van der Waals surface area contributed by atoms with Crippen LogP contribution in [0.4, 0.5) is 19.1 Å². The van der Waals surface area contributed by atoms with E-state index >= 15 is 0 Å². The van der Waals surface area contributed by atoms with Gasteiger partial charge in [0.25, 0.3) is 0 Å². The summed E-state index contributed by atoms with van der Waals surface area (Å²) in [5.74, 6) is 0.569. The molecule has 0 spiro atoms. The van der Waals surface area contributed by atoms with Crippen LogP contribution >= 0.6 is 0 Å². The van der Waals surface area contributed by atoms with Crippen LogP contribution in [0.25, 0.3) is 0 Å². The molecule has 1 amide bonds. The Kier molecular flexibility index (Phi) is 8.17. The van der Waals surface area contributed by atoms with Gasteiger partial charge in [-0.05, 0) is 44.6 Å². The second-order valence-electron chi connectivity index (χ2n) is 9.99. The number of rotatable bonds is 7. The first-order valence-electron chi connectivity index (χ1n) is 12.6. The van der Waals surface area contributed by atoms with Crippen LogP contribution in [0, 0.1) is 11.3 Å². The lowest BCUT2D eigenvalue weighted by molar-refractivity contribution is -0.146. The quantitative estimate of drug-likeness (QED) is 0.618. The number of anilines is 1. The molecule has 0 radical (unpaired) electrons. The number of piperazine rings is 1. The van der Waals surface area contributed by atoms with Gasteiger partial charge in [-0.15, -0.1) is 0 Å². The average molecular weight is 500 g/mol. The Hall–Kier alpha value is -1.98. The maximum atomic E-state index is 13.8. The number of hydrogen-bond acceptors (Lipinski definition) is 7. The molecule has 35 heavy (non-hydrogen) atoms. The number of ether oxygens (including phenoxy) is 2. The lowest BCUT2D eigenvalue weighted by Gasteiger charge is -2.40. The number of alkyl halides is 3. The van der Waals surface area contributed by atoms with Gasteiger partial charge in [0.1, 0.15) is 5.69 Å². The molecule has 196 valence electrons. The number of hydrogen-bond donors (Lipinski definition) is 1. The molecule has 3 heterocycles. The van der Waals surface area contributed by atoms with Crippen LogP contribution in [0.2, 0.25) is 0 Å². The fourth-order valence-electron chi connectivity index (χ4n) is 5.49. The van der Waals surface area contributed by atoms with Crippen LogP contribution in [0.15, 0.2) is 12.3 Å². The van der Waals surface area contributed by atoms with Crippen LogP contribution in [0.3, 0.4) is 0 Å². The van der Waals surface area contributed by atoms with Crippen LogP contribution in [-0.2, 0) is 20.4 Å². The third-order valence-electron chi connectivity index (χ3n) is 7.52. The Morgan fingerprint density at radius 1 is 1.29 bits per heavy atom. The molecule has 1 saturated carbocycles. The van der Waals surface area contributed by atoms with Crippen molar-refractivity contribution in [3.8, 4) is 0 Å². The summed E-state index contributed by atoms with van der Waals surface area (Å²) in [6.45, 7) is 8.19. The number of carbonyl (C=O) groups is 1. The van der Waals surface area contributed by atoms with Crippen molar-refractivity contribution in [2.24, 2.45) is 11.3 Å². The molecule has 1 aliphatic carbocycles. The predicted molar refractivity (Wildman–Crippen MR) is 124 cm³/mol. The van der Waals surface area contributed by atoms with E-state index in [0.717, 1.165) is 51.2 Å². The lowest BCUT2D eigenvalue weighted by Crippen LogP contribution is -2.54. The summed E-state index contributed by atoms with van der Waals surface area (Å²) < 4.78 is 50.5. The van der Waals surface area contributed by atoms with Crippen molar-refractivity contribution in [1.29, 1.82) is 0 Å². The van der Waals surface area contributed by atoms with Gasteiger partial charge in [0, 0.05) is 57.7 Å². The third kappa shape index (κ3) is 6.06. The first-order chi connectivity index (χ1) is 16.7. The molecule has 1 aromatic rings. The average Bonchev–Trinajstić information content (AvgIpc) is 3.27. The first-order valence-corrected chi connectivity index (χ1v) is 12.6. The van der Waals surface area contributed by atoms with Crippen molar-refractivity contribution in [3.05, 3.63) is 18.0 Å². The molecule has 0 aromatic carbocycles. The molecule has 3 fully saturated rings. The Morgan fingerprint density at radius 3 is 2.74 bits per heavy atom. The topological polar surface area (TPSA) is 79.8 Å². The zero-order valence-corrected chi connectivity index (χ0v) is 20.5. The number of nitrogens with zero attached hydrogens (tertiary/aromatic N) is 4. The van der Waals surface area contributed by atoms with E-state index in [0.29, 0.717) is 51.4 Å². The molecule has 0 bridgehead atoms. The number of aromatic nitrogens is 2. The summed E-state index contributed by atoms with van der Waals surface area (Å²) in [6, 6.07) is 1.51. The second-order valence-corrected chi connectivity index (χ2v) is 9.99. The zero-order valence-electron chi connectivity index (χ0n) is 20.5. The minimum absolute atomic E-state index is 0.0478. The van der Waals surface area contributed by atoms with Gasteiger partial charge in [0.2, 0.25) is 11.9 Å². The highest BCUT2D eigenvalue weighted by atomic mass is 19.4. The maximum absolute atomic E-state index is 13.8. The summed E-state index contributed by atoms with van der Waals surface area (Å²) >= 11 is 0. The molecule has 1 unspecified atom stereocenters. The first kappa shape index (κ1) is 26.1. The van der Waals surface area contributed by atoms with E-state index in [9.17, 15) is 18.0 Å². The van der Waals surface area contributed by atoms with Crippen LogP contribution < -0.4 is 10.2 Å². The maximum Gasteiger partial charge on any atom is 0.433 e. The van der Waals surface area contributed by atoms with E-state index in [1.54, 1.807) is 4.90 Å². The molecule has 1 N–H and O–H groups in total. The fourth-order valence-corrected chi connectivity index (χ4v) is 5.49. The van der Waals surface area contributed by atoms with Crippen LogP contribution in [0.5, 0.6) is 0 Å². The minimum atomic E-state index is -4.52. The Labute approximate surface area is 204 Å². The van der Waals surface area contributed by atoms with Crippen molar-refractivity contribution in [3.63, 3.8) is 0 Å². The Balaban J connectivity index is 1.38. The molecule has 8 nitrogen and oxygen atoms in total. The minimum Gasteiger partial charge on any atom is -0.381 e. The summed E-state index contributed by atoms with van der Waals surface area (Å²) in [5, 5.41) is 3.78. The highest BCUT2D eigenvalue weighted by Crippen LogP contribution is 2.41. The highest BCUT2D eigenvalue weighted by molar-refractivity contribution is 5.83. The van der Waals surface area contributed by atoms with Gasteiger partial charge < -0.3 is 24.6 Å². The van der Waals surface area contributed by atoms with Crippen LogP contribution in [-0.4, -0.2) is 85.5 Å². The molecular formula is C24H36F3N5O3. The van der Waals surface area contributed by atoms with E-state index < -0.39 is 17.3 Å². The highest BCUT2D eigenvalue weighted by Gasteiger charge is 2.48. The van der Waals surface area contributed by atoms with E-state index in [1.807, 2.05) is 11.8 Å². The van der Waals surface area contributed by atoms with Gasteiger partial charge in [-0.2, -0.15) is 13.2 Å². The third-order valence-corrected chi connectivity index (χ3v) is 7.52. The molecule has 11 heteroatoms. The van der Waals surface area contributed by atoms with E-state index in [2.05, 4.69) is 22.2 Å². The van der Waals surface area contributed by atoms with Gasteiger partial charge >= 0.3 is 6.18 Å². The molecule has 4 atom stereocenters. The second kappa shape index (κ2) is 11.0. The van der Waals surface area contributed by atoms with Crippen molar-refractivity contribution >= 4 is 11.9 Å². The number of amides is 1. The summed E-state index contributed by atoms with van der Waals surface area (Å²) in [7, 11) is 0. The van der Waals surface area contributed by atoms with Gasteiger partial charge in [-0.3, -0.25) is 4.79 Å². The Bertz CT molecular complexity index is 865. The molecule has 2 aliphatic heterocycles. The van der Waals surface area contributed by atoms with Gasteiger partial charge in [-0.25, -0.2) is 9.97 Å². The zero-order chi connectivity index (χ0) is 25.1. The van der Waals surface area contributed by atoms with E-state index in [1.165, 1.54) is 0 Å². The van der Waals surface area contributed by atoms with E-state index in [4.69, 9.17) is 9.47 Å². The monoisotopic (exact) mass is 499 g/mol. The molecule has 1 aromatic heterocycles. The standard InChI is InChI=1S/C24H36F3N5O3/c1-3-34-16-23(7-4-18(14-23)29-19-6-13-35-15-17(19)2)21(33)31-9-11-32(12-10-31)22-28-8-5-20(30-22)24(25,26)27/h5,8,17-19,29H,3-4,6-7,9-16H2,1-2H3/t17-,18-,19-,23?/m1/s1. The fraction of sp³-hybridized carbons (Fsp3) is 0.792. The van der Waals surface area contributed by atoms with Crippen LogP contribution in [0.1, 0.15) is 45.2 Å². The smallest absolute Gasteiger partial charge is 0.381 e. The van der Waals surface area contributed by atoms with Gasteiger partial charge in [0.05, 0.1) is 18.6 Å². The molecule has 3 aliphatic rings. The van der Waals surface area contributed by atoms with Crippen molar-refractivity contribution in [2.75, 3.05) is 57.5 Å². The number of carbonyl (C=O) groups excluding carboxylic acids is 1. The summed E-state index contributed by atoms with van der Waals surface area (Å²) in [5.41, 5.74) is -1.53.